The van der Waals surface area contributed by atoms with Crippen molar-refractivity contribution in [1.82, 2.24) is 45.4 Å². The maximum atomic E-state index is 13.9. The Labute approximate surface area is 391 Å². The highest BCUT2D eigenvalue weighted by atomic mass is 16.5. The van der Waals surface area contributed by atoms with Crippen LogP contribution in [0.25, 0.3) is 22.1 Å². The molecule has 0 spiro atoms. The molecule has 6 atom stereocenters. The van der Waals surface area contributed by atoms with Gasteiger partial charge in [0.2, 0.25) is 11.8 Å². The van der Waals surface area contributed by atoms with Gasteiger partial charge in [-0.05, 0) is 117 Å². The van der Waals surface area contributed by atoms with Gasteiger partial charge in [-0.3, -0.25) is 9.59 Å². The largest absolute Gasteiger partial charge is 0.453 e. The monoisotopic (exact) mass is 916 g/mol. The van der Waals surface area contributed by atoms with Gasteiger partial charge in [0.25, 0.3) is 0 Å². The van der Waals surface area contributed by atoms with E-state index >= 15 is 0 Å². The lowest BCUT2D eigenvalue weighted by Crippen LogP contribution is -2.51. The van der Waals surface area contributed by atoms with Gasteiger partial charge in [0.1, 0.15) is 29.6 Å². The van der Waals surface area contributed by atoms with Crippen LogP contribution in [-0.2, 0) is 19.1 Å². The highest BCUT2D eigenvalue weighted by Crippen LogP contribution is 2.48. The van der Waals surface area contributed by atoms with Crippen LogP contribution >= 0.6 is 0 Å². The number of anilines is 2. The zero-order valence-corrected chi connectivity index (χ0v) is 39.6. The Kier molecular flexibility index (Phi) is 13.3. The van der Waals surface area contributed by atoms with Crippen LogP contribution in [0.5, 0.6) is 0 Å². The molecule has 17 heteroatoms. The van der Waals surface area contributed by atoms with Crippen molar-refractivity contribution in [2.75, 3.05) is 50.2 Å². The van der Waals surface area contributed by atoms with E-state index < -0.39 is 24.3 Å². The normalized spacial score (nSPS) is 22.0. The Balaban J connectivity index is 1.01. The molecule has 7 heterocycles. The van der Waals surface area contributed by atoms with Gasteiger partial charge in [-0.15, -0.1) is 0 Å². The van der Waals surface area contributed by atoms with Crippen molar-refractivity contribution in [3.63, 3.8) is 0 Å². The number of pyridine rings is 1. The van der Waals surface area contributed by atoms with E-state index in [2.05, 4.69) is 78.9 Å². The average Bonchev–Trinajstić information content (AvgIpc) is 4.20. The minimum absolute atomic E-state index is 0.0307. The highest BCUT2D eigenvalue weighted by Gasteiger charge is 2.41. The molecule has 4 saturated heterocycles. The van der Waals surface area contributed by atoms with Crippen molar-refractivity contribution in [2.45, 2.75) is 122 Å². The molecule has 0 radical (unpaired) electrons. The van der Waals surface area contributed by atoms with Crippen molar-refractivity contribution in [1.29, 1.82) is 0 Å². The summed E-state index contributed by atoms with van der Waals surface area (Å²) in [5, 5.41) is 5.49. The standard InChI is InChI=1S/C50H65N11O6/c1-29(2)43(56-49(64)66-5)47(62)59-24-10-12-40(59)45-52-34-17-14-31(26-36(34)54-45)38-19-20-39(61(38)33-16-21-42(51-28-33)58-22-8-7-9-23-58)32-15-18-35-37(27-32)55-46(53-35)41-13-11-25-60(41)48(63)44(30(3)4)57-50(65)67-6/h14-18,21,26-30,38-41,43-44H,7-13,19-20,22-25H2,1-6H3,(H,52,54)(H,53,55)(H,56,64)(H,57,65). The summed E-state index contributed by atoms with van der Waals surface area (Å²) in [6.07, 6.45) is 9.42. The number of alkyl carbamates (subject to hydrolysis) is 2. The molecule has 4 aliphatic heterocycles. The first-order valence-electron chi connectivity index (χ1n) is 24.2. The van der Waals surface area contributed by atoms with E-state index in [9.17, 15) is 19.2 Å². The summed E-state index contributed by atoms with van der Waals surface area (Å²) in [4.78, 5) is 83.1. The first kappa shape index (κ1) is 45.8. The summed E-state index contributed by atoms with van der Waals surface area (Å²) in [5.41, 5.74) is 6.85. The maximum absolute atomic E-state index is 13.9. The lowest BCUT2D eigenvalue weighted by atomic mass is 10.0. The second-order valence-corrected chi connectivity index (χ2v) is 19.3. The number of aromatic amines is 2. The molecule has 356 valence electrons. The molecule has 4 amide bonds. The maximum Gasteiger partial charge on any atom is 0.407 e. The number of H-pyrrole nitrogens is 2. The van der Waals surface area contributed by atoms with Gasteiger partial charge in [-0.2, -0.15) is 0 Å². The number of methoxy groups -OCH3 is 2. The Hall–Kier alpha value is -6.39. The molecule has 4 N–H and O–H groups in total. The van der Waals surface area contributed by atoms with Crippen molar-refractivity contribution in [3.8, 4) is 0 Å². The number of amides is 4. The van der Waals surface area contributed by atoms with Gasteiger partial charge in [0.05, 0.1) is 72.3 Å². The third-order valence-electron chi connectivity index (χ3n) is 14.4. The first-order chi connectivity index (χ1) is 32.4. The summed E-state index contributed by atoms with van der Waals surface area (Å²) in [5.74, 6) is 1.97. The van der Waals surface area contributed by atoms with Crippen molar-refractivity contribution >= 4 is 57.6 Å². The molecule has 6 unspecified atom stereocenters. The summed E-state index contributed by atoms with van der Waals surface area (Å²) >= 11 is 0. The third kappa shape index (κ3) is 9.20. The van der Waals surface area contributed by atoms with Crippen LogP contribution in [0.1, 0.15) is 132 Å². The molecule has 0 saturated carbocycles. The quantitative estimate of drug-likeness (QED) is 0.0948. The Morgan fingerprint density at radius 3 is 1.54 bits per heavy atom. The van der Waals surface area contributed by atoms with E-state index in [0.29, 0.717) is 13.1 Å². The number of likely N-dealkylation sites (tertiary alicyclic amines) is 2. The molecule has 5 aromatic rings. The van der Waals surface area contributed by atoms with E-state index in [4.69, 9.17) is 24.4 Å². The fourth-order valence-corrected chi connectivity index (χ4v) is 10.9. The van der Waals surface area contributed by atoms with Gasteiger partial charge in [-0.1, -0.05) is 39.8 Å². The summed E-state index contributed by atoms with van der Waals surface area (Å²) in [6, 6.07) is 15.5. The van der Waals surface area contributed by atoms with Crippen molar-refractivity contribution < 1.29 is 28.7 Å². The topological polar surface area (TPSA) is 194 Å². The molecule has 9 rings (SSSR count). The van der Waals surface area contributed by atoms with Crippen LogP contribution in [0.2, 0.25) is 0 Å². The molecule has 0 aliphatic carbocycles. The van der Waals surface area contributed by atoms with Crippen LogP contribution in [-0.4, -0.2) is 111 Å². The Morgan fingerprint density at radius 1 is 0.612 bits per heavy atom. The smallest absolute Gasteiger partial charge is 0.407 e. The number of rotatable bonds is 12. The number of hydrogen-bond acceptors (Lipinski definition) is 11. The van der Waals surface area contributed by atoms with Crippen LogP contribution in [0, 0.1) is 11.8 Å². The van der Waals surface area contributed by atoms with Crippen molar-refractivity contribution in [2.24, 2.45) is 11.8 Å². The number of carbonyl (C=O) groups excluding carboxylic acids is 4. The van der Waals surface area contributed by atoms with E-state index in [1.165, 1.54) is 33.5 Å². The Bertz CT molecular complexity index is 2440. The molecule has 0 bridgehead atoms. The van der Waals surface area contributed by atoms with Crippen LogP contribution < -0.4 is 20.4 Å². The van der Waals surface area contributed by atoms with Gasteiger partial charge in [0.15, 0.2) is 0 Å². The fraction of sp³-hybridized carbons (Fsp3) is 0.540. The summed E-state index contributed by atoms with van der Waals surface area (Å²) in [6.45, 7) is 10.9. The summed E-state index contributed by atoms with van der Waals surface area (Å²) < 4.78 is 9.68. The zero-order chi connectivity index (χ0) is 46.9. The number of piperidine rings is 1. The molecular weight excluding hydrogens is 851 g/mol. The van der Waals surface area contributed by atoms with Gasteiger partial charge >= 0.3 is 12.2 Å². The number of hydrogen-bond donors (Lipinski definition) is 4. The van der Waals surface area contributed by atoms with Gasteiger partial charge in [-0.25, -0.2) is 24.5 Å². The van der Waals surface area contributed by atoms with Crippen molar-refractivity contribution in [3.05, 3.63) is 77.5 Å². The number of carbonyl (C=O) groups is 4. The third-order valence-corrected chi connectivity index (χ3v) is 14.4. The fourth-order valence-electron chi connectivity index (χ4n) is 10.9. The minimum atomic E-state index is -0.709. The number of benzene rings is 2. The number of nitrogens with one attached hydrogen (secondary N) is 4. The number of imidazole rings is 2. The molecular formula is C50H65N11O6. The number of fused-ring (bicyclic) bond motifs is 2. The average molecular weight is 916 g/mol. The van der Waals surface area contributed by atoms with E-state index in [1.54, 1.807) is 0 Å². The number of nitrogens with zero attached hydrogens (tertiary/aromatic N) is 7. The molecule has 17 nitrogen and oxygen atoms in total. The SMILES string of the molecule is COC(=O)NC(C(=O)N1CCCC1c1nc2ccc(C3CCC(c4ccc5nc(C6CCCN6C(=O)C(NC(=O)OC)C(C)C)[nH]c5c4)N3c3ccc(N4CCCCC4)nc3)cc2[nH]1)C(C)C. The second-order valence-electron chi connectivity index (χ2n) is 19.3. The second kappa shape index (κ2) is 19.4. The van der Waals surface area contributed by atoms with E-state index in [1.807, 2.05) is 43.7 Å². The van der Waals surface area contributed by atoms with Gasteiger partial charge < -0.3 is 49.7 Å². The Morgan fingerprint density at radius 2 is 1.10 bits per heavy atom. The molecule has 3 aromatic heterocycles. The molecule has 4 fully saturated rings. The lowest BCUT2D eigenvalue weighted by molar-refractivity contribution is -0.136. The lowest BCUT2D eigenvalue weighted by Gasteiger charge is -2.34. The highest BCUT2D eigenvalue weighted by molar-refractivity contribution is 5.87. The minimum Gasteiger partial charge on any atom is -0.453 e. The van der Waals surface area contributed by atoms with E-state index in [-0.39, 0.29) is 47.8 Å². The first-order valence-corrected chi connectivity index (χ1v) is 24.2. The predicted molar refractivity (Wildman–Crippen MR) is 255 cm³/mol. The number of aromatic nitrogens is 5. The summed E-state index contributed by atoms with van der Waals surface area (Å²) in [7, 11) is 2.61. The molecule has 4 aliphatic rings. The molecule has 2 aromatic carbocycles. The number of ether oxygens (including phenoxy) is 2. The van der Waals surface area contributed by atoms with Gasteiger partial charge in [0, 0.05) is 26.2 Å². The zero-order valence-electron chi connectivity index (χ0n) is 39.6. The van der Waals surface area contributed by atoms with Crippen LogP contribution in [0.3, 0.4) is 0 Å². The van der Waals surface area contributed by atoms with Crippen LogP contribution in [0.4, 0.5) is 21.1 Å². The molecule has 67 heavy (non-hydrogen) atoms. The predicted octanol–water partition coefficient (Wildman–Crippen LogP) is 8.00. The van der Waals surface area contributed by atoms with Crippen LogP contribution in [0.15, 0.2) is 54.7 Å². The van der Waals surface area contributed by atoms with E-state index in [0.717, 1.165) is 108 Å².